The van der Waals surface area contributed by atoms with Crippen LogP contribution in [0.25, 0.3) is 72.8 Å². The zero-order valence-electron chi connectivity index (χ0n) is 30.7. The maximum atomic E-state index is 14.9. The molecule has 0 fully saturated rings. The van der Waals surface area contributed by atoms with E-state index in [-0.39, 0.29) is 10.8 Å². The first-order valence-electron chi connectivity index (χ1n) is 17.9. The van der Waals surface area contributed by atoms with Crippen LogP contribution in [0.1, 0.15) is 52.7 Å². The lowest BCUT2D eigenvalue weighted by atomic mass is 9.86. The van der Waals surface area contributed by atoms with Gasteiger partial charge in [-0.25, -0.2) is 23.7 Å². The second-order valence-electron chi connectivity index (χ2n) is 15.7. The zero-order valence-corrected chi connectivity index (χ0v) is 30.7. The Morgan fingerprint density at radius 3 is 1.38 bits per heavy atom. The van der Waals surface area contributed by atoms with Crippen LogP contribution in [0.3, 0.4) is 0 Å². The summed E-state index contributed by atoms with van der Waals surface area (Å²) in [5.41, 5.74) is 8.57. The first-order chi connectivity index (χ1) is 25.3. The number of nitrogens with zero attached hydrogens (tertiary/aromatic N) is 4. The predicted molar refractivity (Wildman–Crippen MR) is 213 cm³/mol. The summed E-state index contributed by atoms with van der Waals surface area (Å²) in [6.07, 6.45) is 0. The molecular formula is C47H40F2N4. The first kappa shape index (κ1) is 34.1. The largest absolute Gasteiger partial charge is 0.309 e. The Labute approximate surface area is 308 Å². The maximum Gasteiger partial charge on any atom is 0.164 e. The number of halogens is 2. The molecule has 2 aromatic heterocycles. The van der Waals surface area contributed by atoms with E-state index in [0.717, 1.165) is 44.7 Å². The summed E-state index contributed by atoms with van der Waals surface area (Å²) >= 11 is 0. The molecule has 4 nitrogen and oxygen atoms in total. The van der Waals surface area contributed by atoms with E-state index in [4.69, 9.17) is 15.0 Å². The van der Waals surface area contributed by atoms with Gasteiger partial charge in [0.2, 0.25) is 0 Å². The molecular weight excluding hydrogens is 659 g/mol. The second-order valence-corrected chi connectivity index (χ2v) is 15.7. The quantitative estimate of drug-likeness (QED) is 0.180. The van der Waals surface area contributed by atoms with Gasteiger partial charge in [0.25, 0.3) is 0 Å². The van der Waals surface area contributed by atoms with Crippen molar-refractivity contribution in [2.24, 2.45) is 0 Å². The molecule has 0 N–H and O–H groups in total. The zero-order chi connectivity index (χ0) is 37.1. The van der Waals surface area contributed by atoms with Crippen molar-refractivity contribution in [3.05, 3.63) is 156 Å². The van der Waals surface area contributed by atoms with Crippen LogP contribution in [-0.2, 0) is 10.8 Å². The van der Waals surface area contributed by atoms with Crippen molar-refractivity contribution in [1.82, 2.24) is 19.5 Å². The highest BCUT2D eigenvalue weighted by Gasteiger charge is 2.23. The molecule has 0 radical (unpaired) electrons. The standard InChI is InChI=1S/C47H40F2N4/c1-46(2,3)32-17-20-38-39-21-18-33(47(4,5)6)26-42(39)53(41(38)25-32)36-19-22-37(31-23-34(48)27-35(49)24-31)40(28-36)45-51-43(29-13-9-7-10-14-29)50-44(52-45)30-15-11-8-12-16-30/h7-28H,1-6H3. The number of hydrogen-bond donors (Lipinski definition) is 0. The van der Waals surface area contributed by atoms with Crippen molar-refractivity contribution in [3.8, 4) is 51.0 Å². The van der Waals surface area contributed by atoms with Gasteiger partial charge < -0.3 is 4.57 Å². The minimum atomic E-state index is -0.660. The third-order valence-electron chi connectivity index (χ3n) is 9.87. The van der Waals surface area contributed by atoms with Crippen molar-refractivity contribution in [3.63, 3.8) is 0 Å². The van der Waals surface area contributed by atoms with Crippen LogP contribution in [0, 0.1) is 11.6 Å². The van der Waals surface area contributed by atoms with Gasteiger partial charge in [0.1, 0.15) is 11.6 Å². The van der Waals surface area contributed by atoms with Crippen LogP contribution >= 0.6 is 0 Å². The molecule has 6 aromatic carbocycles. The highest BCUT2D eigenvalue weighted by molar-refractivity contribution is 6.10. The summed E-state index contributed by atoms with van der Waals surface area (Å²) in [6, 6.07) is 42.6. The van der Waals surface area contributed by atoms with E-state index in [1.54, 1.807) is 0 Å². The lowest BCUT2D eigenvalue weighted by Gasteiger charge is -2.20. The Morgan fingerprint density at radius 1 is 0.434 bits per heavy atom. The minimum absolute atomic E-state index is 0.0743. The highest BCUT2D eigenvalue weighted by Crippen LogP contribution is 2.40. The van der Waals surface area contributed by atoms with E-state index in [2.05, 4.69) is 82.5 Å². The Balaban J connectivity index is 1.47. The van der Waals surface area contributed by atoms with Crippen molar-refractivity contribution in [2.45, 2.75) is 52.4 Å². The molecule has 0 aliphatic rings. The van der Waals surface area contributed by atoms with Crippen molar-refractivity contribution < 1.29 is 8.78 Å². The highest BCUT2D eigenvalue weighted by atomic mass is 19.1. The first-order valence-corrected chi connectivity index (χ1v) is 17.9. The molecule has 8 aromatic rings. The summed E-state index contributed by atoms with van der Waals surface area (Å²) in [7, 11) is 0. The average Bonchev–Trinajstić information content (AvgIpc) is 3.47. The van der Waals surface area contributed by atoms with Gasteiger partial charge in [0.15, 0.2) is 17.5 Å². The molecule has 0 atom stereocenters. The van der Waals surface area contributed by atoms with E-state index in [9.17, 15) is 8.78 Å². The van der Waals surface area contributed by atoms with Crippen molar-refractivity contribution in [2.75, 3.05) is 0 Å². The van der Waals surface area contributed by atoms with Gasteiger partial charge in [-0.1, -0.05) is 133 Å². The lowest BCUT2D eigenvalue weighted by molar-refractivity contribution is 0.584. The number of aromatic nitrogens is 4. The van der Waals surface area contributed by atoms with Crippen LogP contribution in [-0.4, -0.2) is 19.5 Å². The Kier molecular flexibility index (Phi) is 8.29. The van der Waals surface area contributed by atoms with E-state index in [1.807, 2.05) is 78.9 Å². The predicted octanol–water partition coefficient (Wildman–Crippen LogP) is 12.5. The molecule has 2 heterocycles. The fraction of sp³-hybridized carbons (Fsp3) is 0.170. The van der Waals surface area contributed by atoms with Crippen molar-refractivity contribution in [1.29, 1.82) is 0 Å². The topological polar surface area (TPSA) is 43.6 Å². The maximum absolute atomic E-state index is 14.9. The van der Waals surface area contributed by atoms with Gasteiger partial charge in [-0.3, -0.25) is 0 Å². The summed E-state index contributed by atoms with van der Waals surface area (Å²) in [5.74, 6) is 0.0705. The molecule has 0 aliphatic carbocycles. The summed E-state index contributed by atoms with van der Waals surface area (Å²) in [5, 5.41) is 2.29. The fourth-order valence-corrected chi connectivity index (χ4v) is 6.98. The third kappa shape index (κ3) is 6.50. The molecule has 0 saturated heterocycles. The number of rotatable bonds is 5. The smallest absolute Gasteiger partial charge is 0.164 e. The minimum Gasteiger partial charge on any atom is -0.309 e. The fourth-order valence-electron chi connectivity index (χ4n) is 6.98. The molecule has 8 rings (SSSR count). The van der Waals surface area contributed by atoms with Gasteiger partial charge >= 0.3 is 0 Å². The van der Waals surface area contributed by atoms with Crippen LogP contribution in [0.4, 0.5) is 8.78 Å². The molecule has 0 bridgehead atoms. The lowest BCUT2D eigenvalue weighted by Crippen LogP contribution is -2.11. The van der Waals surface area contributed by atoms with Gasteiger partial charge in [-0.05, 0) is 69.5 Å². The van der Waals surface area contributed by atoms with Crippen LogP contribution < -0.4 is 0 Å². The van der Waals surface area contributed by atoms with Crippen LogP contribution in [0.2, 0.25) is 0 Å². The molecule has 53 heavy (non-hydrogen) atoms. The molecule has 6 heteroatoms. The van der Waals surface area contributed by atoms with Gasteiger partial charge in [-0.15, -0.1) is 0 Å². The third-order valence-corrected chi connectivity index (χ3v) is 9.87. The van der Waals surface area contributed by atoms with E-state index >= 15 is 0 Å². The molecule has 0 amide bonds. The Hall–Kier alpha value is -6.01. The summed E-state index contributed by atoms with van der Waals surface area (Å²) in [4.78, 5) is 15.0. The normalized spacial score (nSPS) is 12.2. The molecule has 0 aliphatic heterocycles. The molecule has 262 valence electrons. The van der Waals surface area contributed by atoms with E-state index < -0.39 is 11.6 Å². The Bertz CT molecular complexity index is 2500. The Morgan fingerprint density at radius 2 is 0.906 bits per heavy atom. The monoisotopic (exact) mass is 698 g/mol. The molecule has 0 spiro atoms. The summed E-state index contributed by atoms with van der Waals surface area (Å²) in [6.45, 7) is 13.3. The van der Waals surface area contributed by atoms with E-state index in [1.165, 1.54) is 23.3 Å². The van der Waals surface area contributed by atoms with Gasteiger partial charge in [0.05, 0.1) is 11.0 Å². The van der Waals surface area contributed by atoms with Crippen LogP contribution in [0.15, 0.2) is 133 Å². The molecule has 0 saturated carbocycles. The second kappa shape index (κ2) is 12.9. The van der Waals surface area contributed by atoms with E-state index in [0.29, 0.717) is 34.2 Å². The number of benzene rings is 6. The van der Waals surface area contributed by atoms with Crippen LogP contribution in [0.5, 0.6) is 0 Å². The summed E-state index contributed by atoms with van der Waals surface area (Å²) < 4.78 is 32.0. The average molecular weight is 699 g/mol. The number of hydrogen-bond acceptors (Lipinski definition) is 3. The number of fused-ring (bicyclic) bond motifs is 3. The molecule has 0 unspecified atom stereocenters. The SMILES string of the molecule is CC(C)(C)c1ccc2c3ccc(C(C)(C)C)cc3n(-c3ccc(-c4cc(F)cc(F)c4)c(-c4nc(-c5ccccc5)nc(-c5ccccc5)n4)c3)c2c1. The van der Waals surface area contributed by atoms with Crippen molar-refractivity contribution >= 4 is 21.8 Å². The van der Waals surface area contributed by atoms with Gasteiger partial charge in [0, 0.05) is 39.2 Å². The van der Waals surface area contributed by atoms with Gasteiger partial charge in [-0.2, -0.15) is 0 Å².